The maximum Gasteiger partial charge on any atom is 0.229 e. The van der Waals surface area contributed by atoms with Gasteiger partial charge >= 0.3 is 0 Å². The number of imidazole rings is 1. The minimum atomic E-state index is -0.194. The highest BCUT2D eigenvalue weighted by Gasteiger charge is 2.20. The summed E-state index contributed by atoms with van der Waals surface area (Å²) in [7, 11) is 0. The minimum Gasteiger partial charge on any atom is -0.330 e. The minimum absolute atomic E-state index is 0.0686. The number of amides is 1. The summed E-state index contributed by atoms with van der Waals surface area (Å²) >= 11 is 0. The van der Waals surface area contributed by atoms with E-state index in [4.69, 9.17) is 5.73 Å². The monoisotopic (exact) mass is 287 g/mol. The normalized spacial score (nSPS) is 12.4. The third-order valence-corrected chi connectivity index (χ3v) is 3.48. The summed E-state index contributed by atoms with van der Waals surface area (Å²) < 4.78 is 1.88. The summed E-state index contributed by atoms with van der Waals surface area (Å²) in [5, 5.41) is 2.86. The van der Waals surface area contributed by atoms with E-state index in [1.807, 2.05) is 43.7 Å². The average molecular weight is 287 g/mol. The topological polar surface area (TPSA) is 85.8 Å². The summed E-state index contributed by atoms with van der Waals surface area (Å²) in [5.41, 5.74) is 6.31. The first-order valence-corrected chi connectivity index (χ1v) is 7.00. The van der Waals surface area contributed by atoms with Gasteiger partial charge < -0.3 is 11.1 Å². The van der Waals surface area contributed by atoms with Gasteiger partial charge in [0.2, 0.25) is 5.91 Å². The second-order valence-electron chi connectivity index (χ2n) is 5.32. The maximum absolute atomic E-state index is 12.1. The van der Waals surface area contributed by atoms with Gasteiger partial charge in [-0.1, -0.05) is 13.8 Å². The van der Waals surface area contributed by atoms with Crippen LogP contribution >= 0.6 is 0 Å². The molecule has 0 fully saturated rings. The van der Waals surface area contributed by atoms with E-state index in [0.717, 1.165) is 11.6 Å². The van der Waals surface area contributed by atoms with E-state index in [2.05, 4.69) is 15.3 Å². The molecule has 2 rings (SSSR count). The van der Waals surface area contributed by atoms with Crippen LogP contribution in [0.15, 0.2) is 30.7 Å². The highest BCUT2D eigenvalue weighted by molar-refractivity contribution is 5.92. The zero-order valence-corrected chi connectivity index (χ0v) is 12.6. The van der Waals surface area contributed by atoms with Crippen LogP contribution in [0.25, 0.3) is 5.82 Å². The standard InChI is InChI=1S/C15H21N5O/c1-10(2)13(8-16)15(21)19-12-4-5-14(18-9-12)20-7-6-17-11(20)3/h4-7,9-10,13H,8,16H2,1-3H3,(H,19,21). The largest absolute Gasteiger partial charge is 0.330 e. The van der Waals surface area contributed by atoms with Crippen molar-refractivity contribution >= 4 is 11.6 Å². The molecule has 0 radical (unpaired) electrons. The zero-order valence-electron chi connectivity index (χ0n) is 12.6. The van der Waals surface area contributed by atoms with E-state index in [0.29, 0.717) is 12.2 Å². The Balaban J connectivity index is 2.10. The SMILES string of the molecule is Cc1nccn1-c1ccc(NC(=O)C(CN)C(C)C)cn1. The highest BCUT2D eigenvalue weighted by atomic mass is 16.1. The van der Waals surface area contributed by atoms with Crippen molar-refractivity contribution in [1.29, 1.82) is 0 Å². The van der Waals surface area contributed by atoms with Crippen LogP contribution in [-0.2, 0) is 4.79 Å². The lowest BCUT2D eigenvalue weighted by Gasteiger charge is -2.18. The lowest BCUT2D eigenvalue weighted by molar-refractivity contribution is -0.120. The number of carbonyl (C=O) groups excluding carboxylic acids is 1. The molecule has 6 heteroatoms. The Labute approximate surface area is 124 Å². The van der Waals surface area contributed by atoms with E-state index in [1.54, 1.807) is 12.4 Å². The molecule has 0 bridgehead atoms. The first kappa shape index (κ1) is 15.2. The molecule has 0 aliphatic heterocycles. The van der Waals surface area contributed by atoms with Crippen LogP contribution in [0.2, 0.25) is 0 Å². The van der Waals surface area contributed by atoms with Crippen LogP contribution in [0, 0.1) is 18.8 Å². The lowest BCUT2D eigenvalue weighted by atomic mass is 9.95. The predicted molar refractivity (Wildman–Crippen MR) is 82.1 cm³/mol. The van der Waals surface area contributed by atoms with Crippen molar-refractivity contribution in [1.82, 2.24) is 14.5 Å². The van der Waals surface area contributed by atoms with E-state index in [1.165, 1.54) is 0 Å². The molecule has 1 atom stereocenters. The molecule has 1 unspecified atom stereocenters. The van der Waals surface area contributed by atoms with Crippen LogP contribution in [0.3, 0.4) is 0 Å². The van der Waals surface area contributed by atoms with Gasteiger partial charge in [-0.25, -0.2) is 9.97 Å². The van der Waals surface area contributed by atoms with Crippen LogP contribution in [-0.4, -0.2) is 27.0 Å². The van der Waals surface area contributed by atoms with Gasteiger partial charge in [0.25, 0.3) is 0 Å². The van der Waals surface area contributed by atoms with Gasteiger partial charge in [0.15, 0.2) is 0 Å². The third kappa shape index (κ3) is 3.46. The summed E-state index contributed by atoms with van der Waals surface area (Å²) in [6, 6.07) is 3.67. The first-order valence-electron chi connectivity index (χ1n) is 7.00. The Bertz CT molecular complexity index is 603. The summed E-state index contributed by atoms with van der Waals surface area (Å²) in [6.45, 7) is 6.22. The van der Waals surface area contributed by atoms with E-state index < -0.39 is 0 Å². The first-order chi connectivity index (χ1) is 10.0. The number of aryl methyl sites for hydroxylation is 1. The van der Waals surface area contributed by atoms with Crippen molar-refractivity contribution in [2.24, 2.45) is 17.6 Å². The van der Waals surface area contributed by atoms with Crippen LogP contribution in [0.5, 0.6) is 0 Å². The molecule has 2 aromatic heterocycles. The molecule has 0 saturated carbocycles. The van der Waals surface area contributed by atoms with Crippen LogP contribution < -0.4 is 11.1 Å². The molecule has 21 heavy (non-hydrogen) atoms. The Hall–Kier alpha value is -2.21. The number of carbonyl (C=O) groups is 1. The molecule has 0 aliphatic rings. The molecule has 2 heterocycles. The predicted octanol–water partition coefficient (Wildman–Crippen LogP) is 1.75. The van der Waals surface area contributed by atoms with Gasteiger partial charge in [0, 0.05) is 18.9 Å². The van der Waals surface area contributed by atoms with Gasteiger partial charge in [0.05, 0.1) is 17.8 Å². The summed E-state index contributed by atoms with van der Waals surface area (Å²) in [5.74, 6) is 1.57. The van der Waals surface area contributed by atoms with Gasteiger partial charge in [-0.3, -0.25) is 9.36 Å². The van der Waals surface area contributed by atoms with Crippen LogP contribution in [0.4, 0.5) is 5.69 Å². The highest BCUT2D eigenvalue weighted by Crippen LogP contribution is 2.15. The second kappa shape index (κ2) is 6.49. The van der Waals surface area contributed by atoms with Crippen molar-refractivity contribution in [3.8, 4) is 5.82 Å². The molecule has 0 aromatic carbocycles. The van der Waals surface area contributed by atoms with Gasteiger partial charge in [-0.15, -0.1) is 0 Å². The number of nitrogens with one attached hydrogen (secondary N) is 1. The number of rotatable bonds is 5. The van der Waals surface area contributed by atoms with Crippen molar-refractivity contribution in [2.45, 2.75) is 20.8 Å². The summed E-state index contributed by atoms with van der Waals surface area (Å²) in [4.78, 5) is 20.6. The number of nitrogens with two attached hydrogens (primary N) is 1. The Morgan fingerprint density at radius 1 is 1.38 bits per heavy atom. The van der Waals surface area contributed by atoms with E-state index >= 15 is 0 Å². The average Bonchev–Trinajstić information content (AvgIpc) is 2.86. The molecular formula is C15H21N5O. The molecular weight excluding hydrogens is 266 g/mol. The molecule has 0 aliphatic carbocycles. The Morgan fingerprint density at radius 2 is 2.14 bits per heavy atom. The Kier molecular flexibility index (Phi) is 4.70. The number of hydrogen-bond acceptors (Lipinski definition) is 4. The molecule has 2 aromatic rings. The fraction of sp³-hybridized carbons (Fsp3) is 0.400. The fourth-order valence-corrected chi connectivity index (χ4v) is 2.14. The second-order valence-corrected chi connectivity index (χ2v) is 5.32. The number of pyridine rings is 1. The van der Waals surface area contributed by atoms with Gasteiger partial charge in [-0.05, 0) is 25.0 Å². The van der Waals surface area contributed by atoms with Crippen molar-refractivity contribution in [3.05, 3.63) is 36.5 Å². The third-order valence-electron chi connectivity index (χ3n) is 3.48. The summed E-state index contributed by atoms with van der Waals surface area (Å²) in [6.07, 6.45) is 5.21. The smallest absolute Gasteiger partial charge is 0.229 e. The molecule has 6 nitrogen and oxygen atoms in total. The van der Waals surface area contributed by atoms with Crippen molar-refractivity contribution in [2.75, 3.05) is 11.9 Å². The maximum atomic E-state index is 12.1. The number of aromatic nitrogens is 3. The number of anilines is 1. The molecule has 3 N–H and O–H groups in total. The fourth-order valence-electron chi connectivity index (χ4n) is 2.14. The Morgan fingerprint density at radius 3 is 2.62 bits per heavy atom. The van der Waals surface area contributed by atoms with E-state index in [-0.39, 0.29) is 17.7 Å². The van der Waals surface area contributed by atoms with Gasteiger partial charge in [-0.2, -0.15) is 0 Å². The van der Waals surface area contributed by atoms with E-state index in [9.17, 15) is 4.79 Å². The van der Waals surface area contributed by atoms with Crippen molar-refractivity contribution < 1.29 is 4.79 Å². The number of nitrogens with zero attached hydrogens (tertiary/aromatic N) is 3. The van der Waals surface area contributed by atoms with Gasteiger partial charge in [0.1, 0.15) is 11.6 Å². The quantitative estimate of drug-likeness (QED) is 0.877. The molecule has 112 valence electrons. The number of hydrogen-bond donors (Lipinski definition) is 2. The molecule has 1 amide bonds. The zero-order chi connectivity index (χ0) is 15.4. The molecule has 0 spiro atoms. The lowest BCUT2D eigenvalue weighted by Crippen LogP contribution is -2.33. The molecule has 0 saturated heterocycles. The van der Waals surface area contributed by atoms with Crippen LogP contribution in [0.1, 0.15) is 19.7 Å². The van der Waals surface area contributed by atoms with Crippen molar-refractivity contribution in [3.63, 3.8) is 0 Å².